The molecule has 4 rings (SSSR count). The predicted octanol–water partition coefficient (Wildman–Crippen LogP) is 1.54. The van der Waals surface area contributed by atoms with E-state index in [1.807, 2.05) is 6.07 Å². The van der Waals surface area contributed by atoms with E-state index in [1.54, 1.807) is 19.1 Å². The Morgan fingerprint density at radius 3 is 2.39 bits per heavy atom. The van der Waals surface area contributed by atoms with E-state index >= 15 is 0 Å². The molecule has 12 heteroatoms. The van der Waals surface area contributed by atoms with Crippen molar-refractivity contribution >= 4 is 31.6 Å². The van der Waals surface area contributed by atoms with Gasteiger partial charge in [0.05, 0.1) is 22.0 Å². The molecule has 1 amide bonds. The SMILES string of the molecule is CCCS(=O)(=O)Nc1ccc2c(c1)-c1c(c(C(N)=O)nn1-c1ccc(S(N)(=O)=O)cc1)CC2. The zero-order valence-electron chi connectivity index (χ0n) is 17.8. The molecule has 3 aromatic rings. The highest BCUT2D eigenvalue weighted by molar-refractivity contribution is 7.92. The van der Waals surface area contributed by atoms with E-state index in [-0.39, 0.29) is 16.3 Å². The van der Waals surface area contributed by atoms with E-state index in [4.69, 9.17) is 10.9 Å². The van der Waals surface area contributed by atoms with Gasteiger partial charge in [-0.25, -0.2) is 26.7 Å². The molecular weight excluding hydrogens is 466 g/mol. The van der Waals surface area contributed by atoms with Gasteiger partial charge >= 0.3 is 0 Å². The van der Waals surface area contributed by atoms with E-state index in [0.717, 1.165) is 5.56 Å². The van der Waals surface area contributed by atoms with E-state index in [9.17, 15) is 21.6 Å². The summed E-state index contributed by atoms with van der Waals surface area (Å²) < 4.78 is 51.8. The Hall–Kier alpha value is -3.22. The number of fused-ring (bicyclic) bond motifs is 3. The van der Waals surface area contributed by atoms with Gasteiger partial charge in [-0.05, 0) is 61.2 Å². The quantitative estimate of drug-likeness (QED) is 0.455. The van der Waals surface area contributed by atoms with Gasteiger partial charge in [0.15, 0.2) is 5.69 Å². The number of rotatable bonds is 7. The number of nitrogens with two attached hydrogens (primary N) is 2. The fraction of sp³-hybridized carbons (Fsp3) is 0.238. The summed E-state index contributed by atoms with van der Waals surface area (Å²) in [4.78, 5) is 12.0. The number of anilines is 1. The minimum absolute atomic E-state index is 0.00447. The van der Waals surface area contributed by atoms with Crippen molar-refractivity contribution in [2.24, 2.45) is 10.9 Å². The van der Waals surface area contributed by atoms with Crippen LogP contribution in [0.25, 0.3) is 16.9 Å². The summed E-state index contributed by atoms with van der Waals surface area (Å²) in [5.41, 5.74) is 9.50. The highest BCUT2D eigenvalue weighted by atomic mass is 32.2. The van der Waals surface area contributed by atoms with Crippen molar-refractivity contribution in [3.05, 3.63) is 59.3 Å². The van der Waals surface area contributed by atoms with Gasteiger partial charge in [0, 0.05) is 16.8 Å². The van der Waals surface area contributed by atoms with Gasteiger partial charge in [0.25, 0.3) is 5.91 Å². The molecule has 0 saturated carbocycles. The summed E-state index contributed by atoms with van der Waals surface area (Å²) >= 11 is 0. The van der Waals surface area contributed by atoms with Crippen LogP contribution in [0.1, 0.15) is 35.0 Å². The molecule has 0 aliphatic heterocycles. The minimum atomic E-state index is -3.87. The van der Waals surface area contributed by atoms with Crippen LogP contribution in [0.5, 0.6) is 0 Å². The smallest absolute Gasteiger partial charge is 0.269 e. The summed E-state index contributed by atoms with van der Waals surface area (Å²) in [7, 11) is -7.37. The van der Waals surface area contributed by atoms with Crippen LogP contribution in [0.3, 0.4) is 0 Å². The Morgan fingerprint density at radius 2 is 1.79 bits per heavy atom. The Morgan fingerprint density at radius 1 is 1.09 bits per heavy atom. The van der Waals surface area contributed by atoms with E-state index in [2.05, 4.69) is 9.82 Å². The molecule has 1 heterocycles. The van der Waals surface area contributed by atoms with Crippen molar-refractivity contribution in [3.8, 4) is 16.9 Å². The van der Waals surface area contributed by atoms with Crippen LogP contribution in [-0.2, 0) is 32.9 Å². The van der Waals surface area contributed by atoms with Crippen molar-refractivity contribution < 1.29 is 21.6 Å². The molecule has 174 valence electrons. The highest BCUT2D eigenvalue weighted by Crippen LogP contribution is 2.38. The normalized spacial score (nSPS) is 13.3. The molecule has 2 aromatic carbocycles. The average Bonchev–Trinajstić information content (AvgIpc) is 3.13. The number of benzene rings is 2. The maximum Gasteiger partial charge on any atom is 0.269 e. The second kappa shape index (κ2) is 8.28. The number of carbonyl (C=O) groups is 1. The number of hydrogen-bond acceptors (Lipinski definition) is 6. The van der Waals surface area contributed by atoms with E-state index in [0.29, 0.717) is 47.5 Å². The molecule has 1 aromatic heterocycles. The third-order valence-corrected chi connectivity index (χ3v) is 7.80. The molecule has 5 N–H and O–H groups in total. The lowest BCUT2D eigenvalue weighted by Crippen LogP contribution is -2.17. The second-order valence-corrected chi connectivity index (χ2v) is 11.2. The topological polar surface area (TPSA) is 167 Å². The first-order chi connectivity index (χ1) is 15.5. The summed E-state index contributed by atoms with van der Waals surface area (Å²) in [6.45, 7) is 1.78. The van der Waals surface area contributed by atoms with Gasteiger partial charge < -0.3 is 5.73 Å². The van der Waals surface area contributed by atoms with Gasteiger partial charge in [-0.1, -0.05) is 13.0 Å². The van der Waals surface area contributed by atoms with Crippen molar-refractivity contribution in [1.82, 2.24) is 9.78 Å². The molecule has 1 aliphatic carbocycles. The maximum absolute atomic E-state index is 12.3. The van der Waals surface area contributed by atoms with Crippen LogP contribution < -0.4 is 15.6 Å². The Labute approximate surface area is 191 Å². The molecule has 0 fully saturated rings. The summed E-state index contributed by atoms with van der Waals surface area (Å²) in [5.74, 6) is -0.690. The number of primary amides is 1. The molecule has 0 saturated heterocycles. The molecule has 0 atom stereocenters. The van der Waals surface area contributed by atoms with Crippen LogP contribution in [0, 0.1) is 0 Å². The number of aryl methyl sites for hydroxylation is 1. The molecule has 1 aliphatic rings. The molecule has 0 unspecified atom stereocenters. The molecule has 0 spiro atoms. The van der Waals surface area contributed by atoms with Crippen LogP contribution in [0.4, 0.5) is 5.69 Å². The van der Waals surface area contributed by atoms with Gasteiger partial charge in [-0.15, -0.1) is 0 Å². The number of hydrogen-bond donors (Lipinski definition) is 3. The Balaban J connectivity index is 1.88. The molecule has 10 nitrogen and oxygen atoms in total. The largest absolute Gasteiger partial charge is 0.364 e. The first-order valence-corrected chi connectivity index (χ1v) is 13.4. The predicted molar refractivity (Wildman–Crippen MR) is 124 cm³/mol. The third-order valence-electron chi connectivity index (χ3n) is 5.38. The van der Waals surface area contributed by atoms with Crippen molar-refractivity contribution in [3.63, 3.8) is 0 Å². The minimum Gasteiger partial charge on any atom is -0.364 e. The summed E-state index contributed by atoms with van der Waals surface area (Å²) in [5, 5.41) is 9.59. The van der Waals surface area contributed by atoms with Crippen molar-refractivity contribution in [2.75, 3.05) is 10.5 Å². The fourth-order valence-electron chi connectivity index (χ4n) is 3.96. The van der Waals surface area contributed by atoms with E-state index < -0.39 is 26.0 Å². The summed E-state index contributed by atoms with van der Waals surface area (Å²) in [6, 6.07) is 11.0. The van der Waals surface area contributed by atoms with Crippen LogP contribution in [0.2, 0.25) is 0 Å². The van der Waals surface area contributed by atoms with Crippen LogP contribution in [-0.4, -0.2) is 38.3 Å². The fourth-order valence-corrected chi connectivity index (χ4v) is 5.60. The third kappa shape index (κ3) is 4.49. The standard InChI is InChI=1S/C21H23N5O5S2/c1-2-11-32(28,29)25-14-5-3-13-4-10-17-19(21(22)27)24-26(20(17)18(13)12-14)15-6-8-16(9-7-15)33(23,30)31/h3,5-9,12,25H,2,4,10-11H2,1H3,(H2,22,27)(H2,23,30,31). The van der Waals surface area contributed by atoms with Crippen molar-refractivity contribution in [2.45, 2.75) is 31.1 Å². The highest BCUT2D eigenvalue weighted by Gasteiger charge is 2.28. The number of nitrogens with one attached hydrogen (secondary N) is 1. The van der Waals surface area contributed by atoms with Gasteiger partial charge in [0.2, 0.25) is 20.0 Å². The first kappa shape index (κ1) is 23.0. The Bertz CT molecular complexity index is 1460. The number of nitrogens with zero attached hydrogens (tertiary/aromatic N) is 2. The molecule has 0 radical (unpaired) electrons. The molecule has 0 bridgehead atoms. The first-order valence-electron chi connectivity index (χ1n) is 10.2. The van der Waals surface area contributed by atoms with Gasteiger partial charge in [0.1, 0.15) is 0 Å². The number of sulfonamides is 2. The van der Waals surface area contributed by atoms with Crippen LogP contribution in [0.15, 0.2) is 47.4 Å². The van der Waals surface area contributed by atoms with Gasteiger partial charge in [-0.2, -0.15) is 5.10 Å². The Kier molecular flexibility index (Phi) is 5.76. The lowest BCUT2D eigenvalue weighted by atomic mass is 9.88. The average molecular weight is 490 g/mol. The maximum atomic E-state index is 12.3. The lowest BCUT2D eigenvalue weighted by molar-refractivity contribution is 0.0994. The van der Waals surface area contributed by atoms with Gasteiger partial charge in [-0.3, -0.25) is 9.52 Å². The lowest BCUT2D eigenvalue weighted by Gasteiger charge is -2.20. The number of primary sulfonamides is 1. The second-order valence-electron chi connectivity index (χ2n) is 7.78. The van der Waals surface area contributed by atoms with E-state index in [1.165, 1.54) is 28.9 Å². The summed E-state index contributed by atoms with van der Waals surface area (Å²) in [6.07, 6.45) is 1.63. The zero-order valence-corrected chi connectivity index (χ0v) is 19.4. The number of amides is 1. The molecule has 33 heavy (non-hydrogen) atoms. The zero-order chi connectivity index (χ0) is 24.0. The monoisotopic (exact) mass is 489 g/mol. The number of carbonyl (C=O) groups excluding carboxylic acids is 1. The number of aromatic nitrogens is 2. The molecular formula is C21H23N5O5S2. The van der Waals surface area contributed by atoms with Crippen LogP contribution >= 0.6 is 0 Å². The van der Waals surface area contributed by atoms with Crippen molar-refractivity contribution in [1.29, 1.82) is 0 Å².